The number of carbonyl (C=O) groups is 4. The van der Waals surface area contributed by atoms with Gasteiger partial charge in [-0.1, -0.05) is 48.0 Å². The lowest BCUT2D eigenvalue weighted by Crippen LogP contribution is -2.60. The molecule has 0 spiro atoms. The largest absolute Gasteiger partial charge is 0.507 e. The number of nitrogens with one attached hydrogen (secondary N) is 1. The van der Waals surface area contributed by atoms with E-state index in [9.17, 15) is 24.3 Å². The van der Waals surface area contributed by atoms with Crippen LogP contribution in [0.25, 0.3) is 10.8 Å². The van der Waals surface area contributed by atoms with Crippen molar-refractivity contribution < 1.29 is 24.3 Å². The monoisotopic (exact) mass is 498 g/mol. The Balaban J connectivity index is 1.64. The van der Waals surface area contributed by atoms with Gasteiger partial charge < -0.3 is 5.11 Å². The second-order valence-corrected chi connectivity index (χ2v) is 10.8. The van der Waals surface area contributed by atoms with Crippen LogP contribution in [0.15, 0.2) is 48.0 Å². The van der Waals surface area contributed by atoms with Gasteiger partial charge in [-0.05, 0) is 24.1 Å². The van der Waals surface area contributed by atoms with Crippen molar-refractivity contribution in [2.24, 2.45) is 17.8 Å². The SMILES string of the molecule is CN1C(=O)C2(Cl)CC3C(=CCC4C(=O)NC(=O)C43)C(c3ccc4ccccc4c3O)C2(Cl)C1=O. The minimum atomic E-state index is -1.91. The molecule has 2 aromatic rings. The Morgan fingerprint density at radius 1 is 1.00 bits per heavy atom. The van der Waals surface area contributed by atoms with Crippen LogP contribution in [0, 0.1) is 17.8 Å². The molecule has 0 radical (unpaired) electrons. The third kappa shape index (κ3) is 2.39. The average molecular weight is 499 g/mol. The fourth-order valence-electron chi connectivity index (χ4n) is 6.51. The molecule has 174 valence electrons. The first-order valence-corrected chi connectivity index (χ1v) is 11.8. The molecular weight excluding hydrogens is 479 g/mol. The predicted octanol–water partition coefficient (Wildman–Crippen LogP) is 2.82. The summed E-state index contributed by atoms with van der Waals surface area (Å²) in [4.78, 5) is 49.2. The summed E-state index contributed by atoms with van der Waals surface area (Å²) >= 11 is 14.1. The predicted molar refractivity (Wildman–Crippen MR) is 124 cm³/mol. The first-order chi connectivity index (χ1) is 16.1. The smallest absolute Gasteiger partial charge is 0.253 e. The number of carbonyl (C=O) groups excluding carboxylic acids is 4. The highest BCUT2D eigenvalue weighted by Gasteiger charge is 2.75. The Labute approximate surface area is 204 Å². The number of imide groups is 2. The molecule has 4 aliphatic rings. The van der Waals surface area contributed by atoms with Crippen molar-refractivity contribution in [1.29, 1.82) is 0 Å². The van der Waals surface area contributed by atoms with Crippen LogP contribution < -0.4 is 5.32 Å². The molecule has 2 aliphatic carbocycles. The molecular formula is C25H20Cl2N2O5. The molecule has 6 unspecified atom stereocenters. The maximum Gasteiger partial charge on any atom is 0.253 e. The molecule has 0 bridgehead atoms. The summed E-state index contributed by atoms with van der Waals surface area (Å²) in [6.45, 7) is 0. The lowest BCUT2D eigenvalue weighted by molar-refractivity contribution is -0.138. The van der Waals surface area contributed by atoms with Gasteiger partial charge in [0.05, 0.1) is 11.8 Å². The van der Waals surface area contributed by atoms with Gasteiger partial charge in [0.25, 0.3) is 11.8 Å². The molecule has 6 atom stereocenters. The van der Waals surface area contributed by atoms with E-state index < -0.39 is 51.1 Å². The maximum atomic E-state index is 13.5. The van der Waals surface area contributed by atoms with E-state index in [1.165, 1.54) is 7.05 Å². The molecule has 2 saturated heterocycles. The zero-order chi connectivity index (χ0) is 24.2. The third-order valence-corrected chi connectivity index (χ3v) is 9.51. The summed E-state index contributed by atoms with van der Waals surface area (Å²) in [5.74, 6) is -4.98. The molecule has 2 heterocycles. The van der Waals surface area contributed by atoms with Crippen LogP contribution in [0.4, 0.5) is 0 Å². The van der Waals surface area contributed by atoms with Gasteiger partial charge in [-0.2, -0.15) is 0 Å². The van der Waals surface area contributed by atoms with Gasteiger partial charge in [0, 0.05) is 23.9 Å². The normalized spacial score (nSPS) is 36.8. The minimum Gasteiger partial charge on any atom is -0.507 e. The summed E-state index contributed by atoms with van der Waals surface area (Å²) in [5.41, 5.74) is 1.01. The minimum absolute atomic E-state index is 0.0624. The number of benzene rings is 2. The van der Waals surface area contributed by atoms with E-state index in [4.69, 9.17) is 23.2 Å². The number of aromatic hydroxyl groups is 1. The van der Waals surface area contributed by atoms with Crippen molar-refractivity contribution in [3.8, 4) is 5.75 Å². The second kappa shape index (κ2) is 6.83. The van der Waals surface area contributed by atoms with E-state index in [-0.39, 0.29) is 18.1 Å². The summed E-state index contributed by atoms with van der Waals surface area (Å²) in [5, 5.41) is 15.1. The quantitative estimate of drug-likeness (QED) is 0.357. The number of hydrogen-bond acceptors (Lipinski definition) is 5. The highest BCUT2D eigenvalue weighted by Crippen LogP contribution is 2.65. The molecule has 9 heteroatoms. The Bertz CT molecular complexity index is 1370. The molecule has 1 saturated carbocycles. The second-order valence-electron chi connectivity index (χ2n) is 9.58. The van der Waals surface area contributed by atoms with E-state index >= 15 is 0 Å². The highest BCUT2D eigenvalue weighted by molar-refractivity contribution is 6.53. The number of amides is 4. The molecule has 7 nitrogen and oxygen atoms in total. The van der Waals surface area contributed by atoms with Crippen molar-refractivity contribution >= 4 is 57.6 Å². The Hall–Kier alpha value is -2.90. The van der Waals surface area contributed by atoms with Crippen LogP contribution >= 0.6 is 23.2 Å². The number of allylic oxidation sites excluding steroid dienone is 2. The fourth-order valence-corrected chi connectivity index (χ4v) is 7.52. The van der Waals surface area contributed by atoms with Gasteiger partial charge in [0.2, 0.25) is 11.8 Å². The molecule has 3 fully saturated rings. The first-order valence-electron chi connectivity index (χ1n) is 11.1. The van der Waals surface area contributed by atoms with Crippen molar-refractivity contribution in [3.63, 3.8) is 0 Å². The number of likely N-dealkylation sites (tertiary alicyclic amines) is 1. The van der Waals surface area contributed by atoms with Gasteiger partial charge in [-0.25, -0.2) is 0 Å². The van der Waals surface area contributed by atoms with Gasteiger partial charge in [0.15, 0.2) is 9.75 Å². The fraction of sp³-hybridized carbons (Fsp3) is 0.360. The molecule has 2 aromatic carbocycles. The van der Waals surface area contributed by atoms with E-state index in [1.54, 1.807) is 18.2 Å². The number of hydrogen-bond donors (Lipinski definition) is 2. The molecule has 4 amide bonds. The number of nitrogens with zero attached hydrogens (tertiary/aromatic N) is 1. The van der Waals surface area contributed by atoms with Gasteiger partial charge >= 0.3 is 0 Å². The van der Waals surface area contributed by atoms with E-state index in [2.05, 4.69) is 5.32 Å². The van der Waals surface area contributed by atoms with Crippen LogP contribution in [0.3, 0.4) is 0 Å². The summed E-state index contributed by atoms with van der Waals surface area (Å²) in [6.07, 6.45) is 2.06. The van der Waals surface area contributed by atoms with Crippen molar-refractivity contribution in [1.82, 2.24) is 10.2 Å². The van der Waals surface area contributed by atoms with Crippen LogP contribution in [-0.4, -0.2) is 50.4 Å². The Morgan fingerprint density at radius 2 is 1.74 bits per heavy atom. The topological polar surface area (TPSA) is 104 Å². The molecule has 6 rings (SSSR count). The number of phenolic OH excluding ortho intramolecular Hbond substituents is 1. The van der Waals surface area contributed by atoms with Gasteiger partial charge in [-0.3, -0.25) is 29.4 Å². The Kier molecular flexibility index (Phi) is 4.34. The summed E-state index contributed by atoms with van der Waals surface area (Å²) in [6, 6.07) is 10.7. The number of fused-ring (bicyclic) bond motifs is 5. The number of halogens is 2. The highest BCUT2D eigenvalue weighted by atomic mass is 35.5. The van der Waals surface area contributed by atoms with Crippen molar-refractivity contribution in [3.05, 3.63) is 53.6 Å². The number of phenols is 1. The molecule has 2 aliphatic heterocycles. The summed E-state index contributed by atoms with van der Waals surface area (Å²) in [7, 11) is 1.33. The standard InChI is InChI=1S/C25H20Cl2N2O5/c1-29-22(33)24(26)10-16-13(8-9-14-17(16)21(32)28-20(14)31)18(25(24,27)23(29)34)15-7-6-11-4-2-3-5-12(11)19(15)30/h2-8,14,16-18,30H,9-10H2,1H3,(H,28,31,32). The van der Waals surface area contributed by atoms with Crippen LogP contribution in [-0.2, 0) is 19.2 Å². The number of alkyl halides is 2. The zero-order valence-corrected chi connectivity index (χ0v) is 19.6. The van der Waals surface area contributed by atoms with E-state index in [0.29, 0.717) is 22.9 Å². The van der Waals surface area contributed by atoms with Crippen molar-refractivity contribution in [2.45, 2.75) is 28.5 Å². The lowest BCUT2D eigenvalue weighted by Gasteiger charge is -2.50. The van der Waals surface area contributed by atoms with Crippen LogP contribution in [0.2, 0.25) is 0 Å². The van der Waals surface area contributed by atoms with E-state index in [0.717, 1.165) is 10.3 Å². The maximum absolute atomic E-state index is 13.5. The van der Waals surface area contributed by atoms with Gasteiger partial charge in [0.1, 0.15) is 5.75 Å². The van der Waals surface area contributed by atoms with E-state index in [1.807, 2.05) is 24.3 Å². The van der Waals surface area contributed by atoms with Crippen LogP contribution in [0.5, 0.6) is 5.75 Å². The van der Waals surface area contributed by atoms with Crippen molar-refractivity contribution in [2.75, 3.05) is 7.05 Å². The first kappa shape index (κ1) is 21.6. The Morgan fingerprint density at radius 3 is 2.50 bits per heavy atom. The average Bonchev–Trinajstić information content (AvgIpc) is 3.18. The molecule has 34 heavy (non-hydrogen) atoms. The zero-order valence-electron chi connectivity index (χ0n) is 18.0. The number of rotatable bonds is 1. The molecule has 0 aromatic heterocycles. The summed E-state index contributed by atoms with van der Waals surface area (Å²) < 4.78 is 0. The molecule has 2 N–H and O–H groups in total. The van der Waals surface area contributed by atoms with Gasteiger partial charge in [-0.15, -0.1) is 23.2 Å². The lowest BCUT2D eigenvalue weighted by atomic mass is 9.56. The third-order valence-electron chi connectivity index (χ3n) is 8.10. The van der Waals surface area contributed by atoms with Crippen LogP contribution in [0.1, 0.15) is 24.3 Å².